The van der Waals surface area contributed by atoms with Crippen molar-refractivity contribution >= 4 is 0 Å². The van der Waals surface area contributed by atoms with E-state index in [1.165, 1.54) is 0 Å². The fourth-order valence-corrected chi connectivity index (χ4v) is 0.683. The summed E-state index contributed by atoms with van der Waals surface area (Å²) in [5, 5.41) is 8.53. The second kappa shape index (κ2) is 6.99. The molecule has 3 nitrogen and oxygen atoms in total. The van der Waals surface area contributed by atoms with E-state index in [-0.39, 0.29) is 12.6 Å². The SMILES string of the molecule is CCOCCCC(N)CO. The van der Waals surface area contributed by atoms with Crippen LogP contribution in [0.15, 0.2) is 0 Å². The highest BCUT2D eigenvalue weighted by Crippen LogP contribution is 1.93. The Morgan fingerprint density at radius 2 is 2.30 bits per heavy atom. The zero-order valence-electron chi connectivity index (χ0n) is 6.55. The summed E-state index contributed by atoms with van der Waals surface area (Å²) >= 11 is 0. The summed E-state index contributed by atoms with van der Waals surface area (Å²) in [4.78, 5) is 0. The summed E-state index contributed by atoms with van der Waals surface area (Å²) in [5.74, 6) is 0. The lowest BCUT2D eigenvalue weighted by atomic mass is 10.2. The maximum Gasteiger partial charge on any atom is 0.0582 e. The van der Waals surface area contributed by atoms with Crippen LogP contribution in [0.25, 0.3) is 0 Å². The van der Waals surface area contributed by atoms with Crippen molar-refractivity contribution in [2.24, 2.45) is 5.73 Å². The average molecular weight is 147 g/mol. The van der Waals surface area contributed by atoms with Crippen molar-refractivity contribution in [2.75, 3.05) is 19.8 Å². The van der Waals surface area contributed by atoms with Gasteiger partial charge in [0.25, 0.3) is 0 Å². The van der Waals surface area contributed by atoms with E-state index in [2.05, 4.69) is 0 Å². The summed E-state index contributed by atoms with van der Waals surface area (Å²) < 4.78 is 5.09. The zero-order valence-corrected chi connectivity index (χ0v) is 6.55. The molecular formula is C7H17NO2. The Bertz CT molecular complexity index is 68.6. The highest BCUT2D eigenvalue weighted by molar-refractivity contribution is 4.57. The third-order valence-electron chi connectivity index (χ3n) is 1.30. The highest BCUT2D eigenvalue weighted by Gasteiger charge is 1.97. The van der Waals surface area contributed by atoms with Crippen LogP contribution in [0, 0.1) is 0 Å². The monoisotopic (exact) mass is 147 g/mol. The van der Waals surface area contributed by atoms with E-state index in [1.807, 2.05) is 6.92 Å². The van der Waals surface area contributed by atoms with Crippen LogP contribution in [-0.2, 0) is 4.74 Å². The van der Waals surface area contributed by atoms with Crippen LogP contribution in [0.1, 0.15) is 19.8 Å². The summed E-state index contributed by atoms with van der Waals surface area (Å²) in [5.41, 5.74) is 5.45. The van der Waals surface area contributed by atoms with E-state index in [1.54, 1.807) is 0 Å². The third-order valence-corrected chi connectivity index (χ3v) is 1.30. The van der Waals surface area contributed by atoms with Gasteiger partial charge in [0.2, 0.25) is 0 Å². The molecule has 0 amide bonds. The van der Waals surface area contributed by atoms with Crippen LogP contribution in [0.2, 0.25) is 0 Å². The van der Waals surface area contributed by atoms with Gasteiger partial charge in [0.15, 0.2) is 0 Å². The second-order valence-electron chi connectivity index (χ2n) is 2.28. The maximum absolute atomic E-state index is 8.53. The zero-order chi connectivity index (χ0) is 7.82. The molecule has 1 atom stereocenters. The van der Waals surface area contributed by atoms with Crippen LogP contribution >= 0.6 is 0 Å². The summed E-state index contributed by atoms with van der Waals surface area (Å²) in [7, 11) is 0. The average Bonchev–Trinajstić information content (AvgIpc) is 1.98. The molecule has 0 bridgehead atoms. The number of nitrogens with two attached hydrogens (primary N) is 1. The molecular weight excluding hydrogens is 130 g/mol. The molecule has 0 aromatic carbocycles. The largest absolute Gasteiger partial charge is 0.395 e. The lowest BCUT2D eigenvalue weighted by molar-refractivity contribution is 0.139. The van der Waals surface area contributed by atoms with Gasteiger partial charge in [-0.05, 0) is 19.8 Å². The molecule has 0 spiro atoms. The van der Waals surface area contributed by atoms with E-state index in [0.29, 0.717) is 0 Å². The molecule has 0 aliphatic heterocycles. The molecule has 3 N–H and O–H groups in total. The van der Waals surface area contributed by atoms with Gasteiger partial charge < -0.3 is 15.6 Å². The van der Waals surface area contributed by atoms with Crippen LogP contribution in [-0.4, -0.2) is 31.0 Å². The molecule has 0 saturated carbocycles. The Morgan fingerprint density at radius 3 is 2.80 bits per heavy atom. The van der Waals surface area contributed by atoms with Crippen molar-refractivity contribution < 1.29 is 9.84 Å². The number of hydrogen-bond donors (Lipinski definition) is 2. The number of rotatable bonds is 6. The summed E-state index contributed by atoms with van der Waals surface area (Å²) in [6.07, 6.45) is 1.78. The molecule has 3 heteroatoms. The minimum atomic E-state index is -0.0690. The van der Waals surface area contributed by atoms with Crippen LogP contribution < -0.4 is 5.73 Å². The first-order valence-electron chi connectivity index (χ1n) is 3.75. The molecule has 0 heterocycles. The van der Waals surface area contributed by atoms with Crippen LogP contribution in [0.3, 0.4) is 0 Å². The van der Waals surface area contributed by atoms with Gasteiger partial charge in [-0.1, -0.05) is 0 Å². The first kappa shape index (κ1) is 9.88. The van der Waals surface area contributed by atoms with Crippen molar-refractivity contribution in [1.82, 2.24) is 0 Å². The van der Waals surface area contributed by atoms with Crippen molar-refractivity contribution in [2.45, 2.75) is 25.8 Å². The summed E-state index contributed by atoms with van der Waals surface area (Å²) in [6, 6.07) is -0.0690. The maximum atomic E-state index is 8.53. The van der Waals surface area contributed by atoms with Gasteiger partial charge in [-0.25, -0.2) is 0 Å². The normalized spacial score (nSPS) is 13.5. The first-order chi connectivity index (χ1) is 4.81. The van der Waals surface area contributed by atoms with Crippen LogP contribution in [0.4, 0.5) is 0 Å². The van der Waals surface area contributed by atoms with Crippen LogP contribution in [0.5, 0.6) is 0 Å². The minimum Gasteiger partial charge on any atom is -0.395 e. The quantitative estimate of drug-likeness (QED) is 0.525. The highest BCUT2D eigenvalue weighted by atomic mass is 16.5. The first-order valence-corrected chi connectivity index (χ1v) is 3.75. The fraction of sp³-hybridized carbons (Fsp3) is 1.00. The molecule has 0 aromatic rings. The molecule has 1 unspecified atom stereocenters. The Morgan fingerprint density at radius 1 is 1.60 bits per heavy atom. The summed E-state index contributed by atoms with van der Waals surface area (Å²) in [6.45, 7) is 3.55. The smallest absolute Gasteiger partial charge is 0.0582 e. The molecule has 0 aliphatic carbocycles. The van der Waals surface area contributed by atoms with Crippen molar-refractivity contribution in [3.05, 3.63) is 0 Å². The van der Waals surface area contributed by atoms with Gasteiger partial charge in [0, 0.05) is 19.3 Å². The standard InChI is InChI=1S/C7H17NO2/c1-2-10-5-3-4-7(8)6-9/h7,9H,2-6,8H2,1H3. The van der Waals surface area contributed by atoms with Gasteiger partial charge in [-0.3, -0.25) is 0 Å². The predicted molar refractivity (Wildman–Crippen MR) is 40.8 cm³/mol. The number of hydrogen-bond acceptors (Lipinski definition) is 3. The Balaban J connectivity index is 2.89. The van der Waals surface area contributed by atoms with Crippen molar-refractivity contribution in [3.63, 3.8) is 0 Å². The molecule has 10 heavy (non-hydrogen) atoms. The Labute approximate surface area is 62.2 Å². The Kier molecular flexibility index (Phi) is 6.91. The Hall–Kier alpha value is -0.120. The second-order valence-corrected chi connectivity index (χ2v) is 2.28. The predicted octanol–water partition coefficient (Wildman–Crippen LogP) is 0.123. The minimum absolute atomic E-state index is 0.0690. The molecule has 0 radical (unpaired) electrons. The number of aliphatic hydroxyl groups excluding tert-OH is 1. The number of aliphatic hydroxyl groups is 1. The van der Waals surface area contributed by atoms with Gasteiger partial charge >= 0.3 is 0 Å². The lowest BCUT2D eigenvalue weighted by Gasteiger charge is -2.06. The van der Waals surface area contributed by atoms with E-state index >= 15 is 0 Å². The van der Waals surface area contributed by atoms with E-state index in [0.717, 1.165) is 26.1 Å². The lowest BCUT2D eigenvalue weighted by Crippen LogP contribution is -2.24. The van der Waals surface area contributed by atoms with Gasteiger partial charge in [-0.15, -0.1) is 0 Å². The molecule has 0 aliphatic rings. The molecule has 62 valence electrons. The molecule has 0 fully saturated rings. The van der Waals surface area contributed by atoms with E-state index in [9.17, 15) is 0 Å². The topological polar surface area (TPSA) is 55.5 Å². The van der Waals surface area contributed by atoms with Gasteiger partial charge in [0.05, 0.1) is 6.61 Å². The van der Waals surface area contributed by atoms with Gasteiger partial charge in [-0.2, -0.15) is 0 Å². The third kappa shape index (κ3) is 6.01. The van der Waals surface area contributed by atoms with E-state index < -0.39 is 0 Å². The van der Waals surface area contributed by atoms with Gasteiger partial charge in [0.1, 0.15) is 0 Å². The number of ether oxygens (including phenoxy) is 1. The van der Waals surface area contributed by atoms with Crippen molar-refractivity contribution in [3.8, 4) is 0 Å². The molecule has 0 saturated heterocycles. The molecule has 0 rings (SSSR count). The molecule has 0 aromatic heterocycles. The fourth-order valence-electron chi connectivity index (χ4n) is 0.683. The van der Waals surface area contributed by atoms with E-state index in [4.69, 9.17) is 15.6 Å². The van der Waals surface area contributed by atoms with Crippen molar-refractivity contribution in [1.29, 1.82) is 0 Å².